The highest BCUT2D eigenvalue weighted by Gasteiger charge is 2.61. The molecular weight excluding hydrogens is 220 g/mol. The Hall–Kier alpha value is 0.354. The zero-order valence-corrected chi connectivity index (χ0v) is 13.7. The summed E-state index contributed by atoms with van der Waals surface area (Å²) in [6.45, 7) is 4.58. The number of ether oxygens (including phenoxy) is 1. The van der Waals surface area contributed by atoms with Crippen molar-refractivity contribution >= 4 is 20.2 Å². The van der Waals surface area contributed by atoms with E-state index in [1.54, 1.807) is 0 Å². The largest absolute Gasteiger partial charge is 0.466 e. The first kappa shape index (κ1) is 11.8. The Morgan fingerprint density at radius 2 is 2.00 bits per heavy atom. The molecule has 1 saturated carbocycles. The average molecular weight is 244 g/mol. The zero-order chi connectivity index (χ0) is 10.9. The van der Waals surface area contributed by atoms with Gasteiger partial charge in [0.1, 0.15) is 15.7 Å². The molecule has 88 valence electrons. The molecule has 0 aromatic carbocycles. The molecule has 2 fully saturated rings. The SMILES string of the molecule is CC(C)C1OC1([SiH2]O[SiH3])C1CCCCC1. The van der Waals surface area contributed by atoms with Crippen molar-refractivity contribution in [2.45, 2.75) is 57.3 Å². The van der Waals surface area contributed by atoms with Gasteiger partial charge in [-0.2, -0.15) is 0 Å². The molecule has 1 aliphatic carbocycles. The summed E-state index contributed by atoms with van der Waals surface area (Å²) in [6, 6.07) is 0. The highest BCUT2D eigenvalue weighted by molar-refractivity contribution is 6.39. The van der Waals surface area contributed by atoms with Gasteiger partial charge in [-0.05, 0) is 24.7 Å². The van der Waals surface area contributed by atoms with Crippen LogP contribution in [0.2, 0.25) is 0 Å². The molecule has 4 heteroatoms. The Labute approximate surface area is 98.6 Å². The van der Waals surface area contributed by atoms with E-state index in [4.69, 9.17) is 8.85 Å². The van der Waals surface area contributed by atoms with Crippen LogP contribution in [0.5, 0.6) is 0 Å². The molecule has 0 amide bonds. The predicted molar refractivity (Wildman–Crippen MR) is 68.6 cm³/mol. The first-order chi connectivity index (χ1) is 7.20. The van der Waals surface area contributed by atoms with E-state index in [-0.39, 0.29) is 5.22 Å². The maximum atomic E-state index is 6.10. The Morgan fingerprint density at radius 1 is 1.33 bits per heavy atom. The molecule has 2 atom stereocenters. The van der Waals surface area contributed by atoms with Gasteiger partial charge in [0, 0.05) is 0 Å². The van der Waals surface area contributed by atoms with E-state index in [0.717, 1.165) is 16.4 Å². The quantitative estimate of drug-likeness (QED) is 0.536. The van der Waals surface area contributed by atoms with Crippen molar-refractivity contribution in [3.05, 3.63) is 0 Å². The summed E-state index contributed by atoms with van der Waals surface area (Å²) in [6.07, 6.45) is 7.57. The fraction of sp³-hybridized carbons (Fsp3) is 1.00. The van der Waals surface area contributed by atoms with Crippen molar-refractivity contribution in [1.29, 1.82) is 0 Å². The smallest absolute Gasteiger partial charge is 0.183 e. The van der Waals surface area contributed by atoms with Crippen LogP contribution in [0.15, 0.2) is 0 Å². The molecule has 0 spiro atoms. The van der Waals surface area contributed by atoms with Gasteiger partial charge in [-0.25, -0.2) is 0 Å². The van der Waals surface area contributed by atoms with E-state index in [0.29, 0.717) is 12.0 Å². The van der Waals surface area contributed by atoms with Crippen molar-refractivity contribution in [3.8, 4) is 0 Å². The summed E-state index contributed by atoms with van der Waals surface area (Å²) in [5.41, 5.74) is 0. The Morgan fingerprint density at radius 3 is 2.47 bits per heavy atom. The number of hydrogen-bond donors (Lipinski definition) is 0. The first-order valence-corrected chi connectivity index (χ1v) is 8.47. The van der Waals surface area contributed by atoms with Crippen LogP contribution in [0.25, 0.3) is 0 Å². The van der Waals surface area contributed by atoms with Crippen LogP contribution in [-0.2, 0) is 8.85 Å². The van der Waals surface area contributed by atoms with E-state index in [2.05, 4.69) is 13.8 Å². The Bertz CT molecular complexity index is 217. The van der Waals surface area contributed by atoms with Gasteiger partial charge in [0.15, 0.2) is 9.76 Å². The van der Waals surface area contributed by atoms with Gasteiger partial charge < -0.3 is 8.85 Å². The molecule has 0 bridgehead atoms. The van der Waals surface area contributed by atoms with E-state index in [1.165, 1.54) is 32.1 Å². The molecule has 1 aliphatic heterocycles. The first-order valence-electron chi connectivity index (χ1n) is 6.37. The lowest BCUT2D eigenvalue weighted by Crippen LogP contribution is -2.37. The van der Waals surface area contributed by atoms with Crippen LogP contribution >= 0.6 is 0 Å². The van der Waals surface area contributed by atoms with Gasteiger partial charge in [0.2, 0.25) is 0 Å². The molecule has 0 N–H and O–H groups in total. The van der Waals surface area contributed by atoms with E-state index in [9.17, 15) is 0 Å². The summed E-state index contributed by atoms with van der Waals surface area (Å²) >= 11 is 0. The summed E-state index contributed by atoms with van der Waals surface area (Å²) in [5.74, 6) is 1.51. The van der Waals surface area contributed by atoms with Gasteiger partial charge in [0.05, 0.1) is 6.10 Å². The number of hydrogen-bond acceptors (Lipinski definition) is 2. The van der Waals surface area contributed by atoms with E-state index >= 15 is 0 Å². The third kappa shape index (κ3) is 2.23. The van der Waals surface area contributed by atoms with Crippen molar-refractivity contribution < 1.29 is 8.85 Å². The lowest BCUT2D eigenvalue weighted by Gasteiger charge is -2.28. The fourth-order valence-electron chi connectivity index (χ4n) is 3.28. The second kappa shape index (κ2) is 4.69. The molecule has 2 aliphatic rings. The molecule has 1 heterocycles. The van der Waals surface area contributed by atoms with Gasteiger partial charge in [-0.1, -0.05) is 33.1 Å². The lowest BCUT2D eigenvalue weighted by molar-refractivity contribution is 0.222. The summed E-state index contributed by atoms with van der Waals surface area (Å²) in [7, 11) is 0.464. The third-order valence-electron chi connectivity index (χ3n) is 4.04. The Kier molecular flexibility index (Phi) is 3.70. The van der Waals surface area contributed by atoms with Crippen molar-refractivity contribution in [2.24, 2.45) is 11.8 Å². The van der Waals surface area contributed by atoms with Crippen LogP contribution in [0, 0.1) is 11.8 Å². The second-order valence-corrected chi connectivity index (χ2v) is 9.21. The monoisotopic (exact) mass is 244 g/mol. The molecule has 2 unspecified atom stereocenters. The van der Waals surface area contributed by atoms with Crippen LogP contribution in [0.1, 0.15) is 46.0 Å². The van der Waals surface area contributed by atoms with Crippen LogP contribution < -0.4 is 0 Å². The standard InChI is InChI=1S/C11H24O2Si2/c1-8(2)10-11(12-10,15-13-14)9-6-4-3-5-7-9/h8-10H,3-7,15H2,1-2,14H3. The molecule has 2 rings (SSSR count). The highest BCUT2D eigenvalue weighted by atomic mass is 28.3. The van der Waals surface area contributed by atoms with Crippen LogP contribution in [0.3, 0.4) is 0 Å². The van der Waals surface area contributed by atoms with Gasteiger partial charge >= 0.3 is 0 Å². The zero-order valence-electron chi connectivity index (χ0n) is 10.3. The van der Waals surface area contributed by atoms with Crippen LogP contribution in [-0.4, -0.2) is 31.6 Å². The minimum atomic E-state index is -0.435. The van der Waals surface area contributed by atoms with Crippen molar-refractivity contribution in [2.75, 3.05) is 0 Å². The van der Waals surface area contributed by atoms with Crippen molar-refractivity contribution in [1.82, 2.24) is 0 Å². The highest BCUT2D eigenvalue weighted by Crippen LogP contribution is 2.50. The molecule has 15 heavy (non-hydrogen) atoms. The number of epoxide rings is 1. The predicted octanol–water partition coefficient (Wildman–Crippen LogP) is 0.699. The van der Waals surface area contributed by atoms with Gasteiger partial charge in [-0.15, -0.1) is 0 Å². The lowest BCUT2D eigenvalue weighted by atomic mass is 9.84. The van der Waals surface area contributed by atoms with Gasteiger partial charge in [-0.3, -0.25) is 0 Å². The molecule has 0 aromatic heterocycles. The minimum absolute atomic E-state index is 0.260. The maximum Gasteiger partial charge on any atom is 0.183 e. The Balaban J connectivity index is 2.00. The molecular formula is C11H24O2Si2. The normalized spacial score (nSPS) is 38.2. The minimum Gasteiger partial charge on any atom is -0.466 e. The molecule has 2 nitrogen and oxygen atoms in total. The number of rotatable bonds is 4. The fourth-order valence-corrected chi connectivity index (χ4v) is 6.61. The van der Waals surface area contributed by atoms with E-state index in [1.807, 2.05) is 0 Å². The second-order valence-electron chi connectivity index (χ2n) is 5.51. The molecule has 1 saturated heterocycles. The van der Waals surface area contributed by atoms with Crippen molar-refractivity contribution in [3.63, 3.8) is 0 Å². The maximum absolute atomic E-state index is 6.10. The van der Waals surface area contributed by atoms with E-state index < -0.39 is 9.76 Å². The molecule has 0 aromatic rings. The topological polar surface area (TPSA) is 21.8 Å². The summed E-state index contributed by atoms with van der Waals surface area (Å²) in [5, 5.41) is 0.260. The average Bonchev–Trinajstić information content (AvgIpc) is 2.96. The summed E-state index contributed by atoms with van der Waals surface area (Å²) < 4.78 is 11.8. The van der Waals surface area contributed by atoms with Crippen LogP contribution in [0.4, 0.5) is 0 Å². The van der Waals surface area contributed by atoms with Gasteiger partial charge in [0.25, 0.3) is 0 Å². The molecule has 0 radical (unpaired) electrons. The third-order valence-corrected chi connectivity index (χ3v) is 6.79. The summed E-state index contributed by atoms with van der Waals surface area (Å²) in [4.78, 5) is 0.